The highest BCUT2D eigenvalue weighted by molar-refractivity contribution is 6.09. The molecule has 0 saturated carbocycles. The Labute approximate surface area is 257 Å². The summed E-state index contributed by atoms with van der Waals surface area (Å²) >= 11 is 0. The second-order valence-corrected chi connectivity index (χ2v) is 11.3. The largest absolute Gasteiger partial charge is 0.461 e. The number of amides is 2. The Hall–Kier alpha value is -5.24. The van der Waals surface area contributed by atoms with Crippen molar-refractivity contribution in [2.75, 3.05) is 5.32 Å². The molecular weight excluding hydrogens is 556 g/mol. The first-order valence-electron chi connectivity index (χ1n) is 14.3. The van der Waals surface area contributed by atoms with Crippen LogP contribution in [-0.2, 0) is 38.5 Å². The number of ketones is 1. The number of anilines is 1. The fourth-order valence-corrected chi connectivity index (χ4v) is 4.33. The van der Waals surface area contributed by atoms with Crippen LogP contribution in [0.4, 0.5) is 10.5 Å². The summed E-state index contributed by atoms with van der Waals surface area (Å²) in [7, 11) is 0. The second-order valence-electron chi connectivity index (χ2n) is 11.3. The molecule has 8 heteroatoms. The lowest BCUT2D eigenvalue weighted by molar-refractivity contribution is -0.144. The van der Waals surface area contributed by atoms with Crippen LogP contribution in [0.25, 0.3) is 0 Å². The van der Waals surface area contributed by atoms with Gasteiger partial charge in [-0.1, -0.05) is 97.1 Å². The van der Waals surface area contributed by atoms with E-state index in [0.29, 0.717) is 16.8 Å². The van der Waals surface area contributed by atoms with E-state index >= 15 is 0 Å². The lowest BCUT2D eigenvalue weighted by atomic mass is 9.99. The Morgan fingerprint density at radius 3 is 1.86 bits per heavy atom. The van der Waals surface area contributed by atoms with E-state index in [1.165, 1.54) is 0 Å². The molecule has 4 rings (SSSR count). The minimum atomic E-state index is -0.965. The van der Waals surface area contributed by atoms with Gasteiger partial charge in [-0.05, 0) is 49.6 Å². The highest BCUT2D eigenvalue weighted by Gasteiger charge is 2.25. The van der Waals surface area contributed by atoms with Crippen molar-refractivity contribution < 1.29 is 28.7 Å². The van der Waals surface area contributed by atoms with E-state index in [1.54, 1.807) is 81.4 Å². The number of hydrogen-bond acceptors (Lipinski definition) is 6. The molecular formula is C36H36N2O6. The van der Waals surface area contributed by atoms with Gasteiger partial charge >= 0.3 is 12.1 Å². The van der Waals surface area contributed by atoms with Gasteiger partial charge in [-0.2, -0.15) is 0 Å². The third-order valence-electron chi connectivity index (χ3n) is 6.51. The normalized spacial score (nSPS) is 11.6. The van der Waals surface area contributed by atoms with Crippen molar-refractivity contribution in [2.45, 2.75) is 51.9 Å². The van der Waals surface area contributed by atoms with E-state index in [2.05, 4.69) is 10.6 Å². The van der Waals surface area contributed by atoms with Crippen molar-refractivity contribution in [1.29, 1.82) is 0 Å². The van der Waals surface area contributed by atoms with E-state index in [-0.39, 0.29) is 31.2 Å². The third kappa shape index (κ3) is 9.94. The van der Waals surface area contributed by atoms with E-state index in [1.807, 2.05) is 48.5 Å². The molecule has 2 amide bonds. The van der Waals surface area contributed by atoms with E-state index in [0.717, 1.165) is 16.7 Å². The van der Waals surface area contributed by atoms with Crippen LogP contribution in [-0.4, -0.2) is 35.4 Å². The second kappa shape index (κ2) is 14.8. The molecule has 0 spiro atoms. The Morgan fingerprint density at radius 2 is 1.25 bits per heavy atom. The highest BCUT2D eigenvalue weighted by atomic mass is 16.6. The molecule has 4 aromatic rings. The summed E-state index contributed by atoms with van der Waals surface area (Å²) in [6.45, 7) is 5.42. The van der Waals surface area contributed by atoms with E-state index in [4.69, 9.17) is 9.47 Å². The van der Waals surface area contributed by atoms with Crippen LogP contribution in [0.5, 0.6) is 0 Å². The number of alkyl carbamates (subject to hydrolysis) is 1. The minimum absolute atomic E-state index is 0.0899. The first kappa shape index (κ1) is 31.7. The summed E-state index contributed by atoms with van der Waals surface area (Å²) in [5.41, 5.74) is 3.23. The molecule has 8 nitrogen and oxygen atoms in total. The van der Waals surface area contributed by atoms with Crippen molar-refractivity contribution in [3.8, 4) is 0 Å². The molecule has 0 aliphatic heterocycles. The minimum Gasteiger partial charge on any atom is -0.461 e. The first-order valence-corrected chi connectivity index (χ1v) is 14.3. The number of benzene rings is 4. The molecule has 1 atom stereocenters. The standard InChI is InChI=1S/C36H36N2O6/c1-36(2,3)44-35(42)38-31(22-25-14-18-29(19-15-25)33(40)28-12-8-5-9-13-28)34(41)37-30-20-16-26(17-21-30)23-32(39)43-24-27-10-6-4-7-11-27/h4-21,31H,22-24H2,1-3H3,(H,37,41)(H,38,42)/t31-/m0/s1. The first-order chi connectivity index (χ1) is 21.1. The summed E-state index contributed by atoms with van der Waals surface area (Å²) in [6.07, 6.45) is -0.471. The van der Waals surface area contributed by atoms with Gasteiger partial charge in [0.2, 0.25) is 5.91 Å². The van der Waals surface area contributed by atoms with Crippen LogP contribution in [0, 0.1) is 0 Å². The monoisotopic (exact) mass is 592 g/mol. The van der Waals surface area contributed by atoms with Gasteiger partial charge in [-0.15, -0.1) is 0 Å². The zero-order chi connectivity index (χ0) is 31.5. The molecule has 0 aliphatic carbocycles. The Bertz CT molecular complexity index is 1560. The van der Waals surface area contributed by atoms with Crippen LogP contribution in [0.2, 0.25) is 0 Å². The van der Waals surface area contributed by atoms with Gasteiger partial charge in [-0.25, -0.2) is 4.79 Å². The summed E-state index contributed by atoms with van der Waals surface area (Å²) < 4.78 is 10.7. The molecule has 0 bridgehead atoms. The number of ether oxygens (including phenoxy) is 2. The Kier molecular flexibility index (Phi) is 10.6. The number of rotatable bonds is 11. The SMILES string of the molecule is CC(C)(C)OC(=O)N[C@@H](Cc1ccc(C(=O)c2ccccc2)cc1)C(=O)Nc1ccc(CC(=O)OCc2ccccc2)cc1. The third-order valence-corrected chi connectivity index (χ3v) is 6.51. The molecule has 44 heavy (non-hydrogen) atoms. The summed E-state index contributed by atoms with van der Waals surface area (Å²) in [6, 6.07) is 31.2. The van der Waals surface area contributed by atoms with Gasteiger partial charge in [0.25, 0.3) is 0 Å². The molecule has 0 heterocycles. The fourth-order valence-electron chi connectivity index (χ4n) is 4.33. The smallest absolute Gasteiger partial charge is 0.408 e. The summed E-state index contributed by atoms with van der Waals surface area (Å²) in [5.74, 6) is -0.912. The fraction of sp³-hybridized carbons (Fsp3) is 0.222. The van der Waals surface area contributed by atoms with Crippen LogP contribution < -0.4 is 10.6 Å². The number of carbonyl (C=O) groups excluding carboxylic acids is 4. The zero-order valence-electron chi connectivity index (χ0n) is 25.0. The van der Waals surface area contributed by atoms with Crippen LogP contribution in [0.3, 0.4) is 0 Å². The van der Waals surface area contributed by atoms with Crippen molar-refractivity contribution >= 4 is 29.4 Å². The van der Waals surface area contributed by atoms with Gasteiger partial charge in [0.1, 0.15) is 18.2 Å². The van der Waals surface area contributed by atoms with Crippen molar-refractivity contribution in [3.63, 3.8) is 0 Å². The molecule has 0 unspecified atom stereocenters. The molecule has 2 N–H and O–H groups in total. The molecule has 0 aliphatic rings. The molecule has 226 valence electrons. The van der Waals surface area contributed by atoms with Crippen molar-refractivity contribution in [3.05, 3.63) is 137 Å². The average molecular weight is 593 g/mol. The van der Waals surface area contributed by atoms with Crippen molar-refractivity contribution in [2.24, 2.45) is 0 Å². The van der Waals surface area contributed by atoms with Gasteiger partial charge < -0.3 is 20.1 Å². The molecule has 0 fully saturated rings. The maximum absolute atomic E-state index is 13.4. The quantitative estimate of drug-likeness (QED) is 0.157. The molecule has 0 radical (unpaired) electrons. The van der Waals surface area contributed by atoms with E-state index < -0.39 is 23.6 Å². The maximum Gasteiger partial charge on any atom is 0.408 e. The maximum atomic E-state index is 13.4. The zero-order valence-corrected chi connectivity index (χ0v) is 25.0. The lowest BCUT2D eigenvalue weighted by Gasteiger charge is -2.23. The number of nitrogens with one attached hydrogen (secondary N) is 2. The van der Waals surface area contributed by atoms with Gasteiger partial charge in [0.05, 0.1) is 6.42 Å². The van der Waals surface area contributed by atoms with E-state index in [9.17, 15) is 19.2 Å². The topological polar surface area (TPSA) is 111 Å². The predicted octanol–water partition coefficient (Wildman–Crippen LogP) is 6.28. The summed E-state index contributed by atoms with van der Waals surface area (Å²) in [4.78, 5) is 51.0. The number of hydrogen-bond donors (Lipinski definition) is 2. The summed E-state index contributed by atoms with van der Waals surface area (Å²) in [5, 5.41) is 5.50. The average Bonchev–Trinajstić information content (AvgIpc) is 3.01. The highest BCUT2D eigenvalue weighted by Crippen LogP contribution is 2.16. The van der Waals surface area contributed by atoms with Gasteiger partial charge in [-0.3, -0.25) is 14.4 Å². The molecule has 0 aromatic heterocycles. The van der Waals surface area contributed by atoms with Crippen LogP contribution in [0.15, 0.2) is 109 Å². The van der Waals surface area contributed by atoms with Gasteiger partial charge in [0.15, 0.2) is 5.78 Å². The predicted molar refractivity (Wildman–Crippen MR) is 168 cm³/mol. The Balaban J connectivity index is 1.39. The Morgan fingerprint density at radius 1 is 0.682 bits per heavy atom. The number of carbonyl (C=O) groups is 4. The number of esters is 1. The van der Waals surface area contributed by atoms with Gasteiger partial charge in [0, 0.05) is 23.2 Å². The van der Waals surface area contributed by atoms with Crippen molar-refractivity contribution in [1.82, 2.24) is 5.32 Å². The molecule has 0 saturated heterocycles. The van der Waals surface area contributed by atoms with Crippen LogP contribution in [0.1, 0.15) is 53.4 Å². The van der Waals surface area contributed by atoms with Crippen LogP contribution >= 0.6 is 0 Å². The molecule has 4 aromatic carbocycles. The lowest BCUT2D eigenvalue weighted by Crippen LogP contribution is -2.47.